The molecule has 0 radical (unpaired) electrons. The Kier molecular flexibility index (Phi) is 5.18. The van der Waals surface area contributed by atoms with Gasteiger partial charge in [-0.25, -0.2) is 0 Å². The first-order chi connectivity index (χ1) is 9.24. The normalized spacial score (nSPS) is 16.2. The van der Waals surface area contributed by atoms with Gasteiger partial charge in [0.05, 0.1) is 19.7 Å². The molecule has 1 heterocycles. The van der Waals surface area contributed by atoms with E-state index in [0.717, 1.165) is 19.6 Å². The summed E-state index contributed by atoms with van der Waals surface area (Å²) >= 11 is 0. The number of hydrogen-bond acceptors (Lipinski definition) is 4. The quantitative estimate of drug-likeness (QED) is 0.685. The molecule has 0 saturated carbocycles. The van der Waals surface area contributed by atoms with Crippen LogP contribution in [0.2, 0.25) is 0 Å². The first kappa shape index (κ1) is 13.8. The maximum absolute atomic E-state index is 10.3. The lowest BCUT2D eigenvalue weighted by Crippen LogP contribution is -2.89. The summed E-state index contributed by atoms with van der Waals surface area (Å²) in [7, 11) is 0. The molecule has 1 aliphatic heterocycles. The summed E-state index contributed by atoms with van der Waals surface area (Å²) in [6, 6.07) is 7.85. The lowest BCUT2D eigenvalue weighted by molar-refractivity contribution is -0.663. The number of rotatable bonds is 6. The van der Waals surface area contributed by atoms with Crippen molar-refractivity contribution >= 4 is 5.97 Å². The molecule has 5 heteroatoms. The molecule has 2 rings (SSSR count). The molecule has 2 N–H and O–H groups in total. The van der Waals surface area contributed by atoms with Gasteiger partial charge in [0.1, 0.15) is 5.75 Å². The second-order valence-corrected chi connectivity index (χ2v) is 4.76. The Hall–Kier alpha value is -1.59. The van der Waals surface area contributed by atoms with Gasteiger partial charge in [-0.3, -0.25) is 4.90 Å². The lowest BCUT2D eigenvalue weighted by atomic mass is 10.2. The van der Waals surface area contributed by atoms with E-state index in [9.17, 15) is 9.90 Å². The average molecular weight is 264 g/mol. The summed E-state index contributed by atoms with van der Waals surface area (Å²) in [4.78, 5) is 12.7. The molecule has 1 aromatic carbocycles. The molecule has 0 aliphatic carbocycles. The topological polar surface area (TPSA) is 69.2 Å². The standard InChI is InChI=1S/C14H20N2O3/c17-14(18)5-10-19-13-3-1-12(2-4-13)11-16-8-6-15-7-9-16/h1-4,15H,5-11H2,(H,17,18). The second-order valence-electron chi connectivity index (χ2n) is 4.76. The molecule has 0 atom stereocenters. The number of hydrogen-bond donors (Lipinski definition) is 1. The largest absolute Gasteiger partial charge is 0.550 e. The molecule has 1 aromatic rings. The van der Waals surface area contributed by atoms with Crippen LogP contribution >= 0.6 is 0 Å². The number of benzene rings is 1. The zero-order valence-electron chi connectivity index (χ0n) is 11.0. The number of nitrogens with two attached hydrogens (primary N) is 1. The van der Waals surface area contributed by atoms with Gasteiger partial charge in [-0.05, 0) is 17.7 Å². The lowest BCUT2D eigenvalue weighted by Gasteiger charge is -2.24. The maximum atomic E-state index is 10.3. The predicted molar refractivity (Wildman–Crippen MR) is 68.5 cm³/mol. The molecule has 0 bridgehead atoms. The van der Waals surface area contributed by atoms with Crippen LogP contribution in [-0.2, 0) is 11.3 Å². The van der Waals surface area contributed by atoms with Crippen molar-refractivity contribution in [2.75, 3.05) is 32.8 Å². The zero-order valence-corrected chi connectivity index (χ0v) is 11.0. The molecule has 0 amide bonds. The van der Waals surface area contributed by atoms with Crippen molar-refractivity contribution in [1.82, 2.24) is 4.90 Å². The van der Waals surface area contributed by atoms with Crippen molar-refractivity contribution in [2.24, 2.45) is 0 Å². The molecular formula is C14H20N2O3. The van der Waals surface area contributed by atoms with E-state index in [1.165, 1.54) is 18.7 Å². The van der Waals surface area contributed by atoms with Crippen molar-refractivity contribution < 1.29 is 20.0 Å². The third kappa shape index (κ3) is 4.89. The Morgan fingerprint density at radius 3 is 2.58 bits per heavy atom. The van der Waals surface area contributed by atoms with Crippen LogP contribution in [0, 0.1) is 0 Å². The van der Waals surface area contributed by atoms with Gasteiger partial charge in [0, 0.05) is 32.0 Å². The van der Waals surface area contributed by atoms with Crippen LogP contribution in [0.25, 0.3) is 0 Å². The number of aliphatic carboxylic acids is 1. The molecule has 0 spiro atoms. The van der Waals surface area contributed by atoms with Crippen LogP contribution in [0.1, 0.15) is 12.0 Å². The summed E-state index contributed by atoms with van der Waals surface area (Å²) < 4.78 is 5.32. The molecule has 0 unspecified atom stereocenters. The van der Waals surface area contributed by atoms with Gasteiger partial charge < -0.3 is 20.0 Å². The monoisotopic (exact) mass is 264 g/mol. The number of nitrogens with zero attached hydrogens (tertiary/aromatic N) is 1. The fourth-order valence-corrected chi connectivity index (χ4v) is 2.16. The molecule has 19 heavy (non-hydrogen) atoms. The average Bonchev–Trinajstić information content (AvgIpc) is 2.42. The van der Waals surface area contributed by atoms with Crippen LogP contribution in [0.15, 0.2) is 24.3 Å². The van der Waals surface area contributed by atoms with E-state index < -0.39 is 5.97 Å². The van der Waals surface area contributed by atoms with Crippen molar-refractivity contribution in [3.63, 3.8) is 0 Å². The highest BCUT2D eigenvalue weighted by Gasteiger charge is 2.11. The molecule has 0 aromatic heterocycles. The summed E-state index contributed by atoms with van der Waals surface area (Å²) in [5.74, 6) is -0.379. The van der Waals surface area contributed by atoms with E-state index in [4.69, 9.17) is 4.74 Å². The first-order valence-corrected chi connectivity index (χ1v) is 6.69. The summed E-state index contributed by atoms with van der Waals surface area (Å²) in [5, 5.41) is 12.6. The number of carbonyl (C=O) groups is 1. The van der Waals surface area contributed by atoms with Gasteiger partial charge in [0.2, 0.25) is 0 Å². The number of ether oxygens (including phenoxy) is 1. The van der Waals surface area contributed by atoms with Gasteiger partial charge in [0.15, 0.2) is 0 Å². The Bertz CT molecular complexity index is 400. The van der Waals surface area contributed by atoms with Crippen molar-refractivity contribution in [3.8, 4) is 5.75 Å². The van der Waals surface area contributed by atoms with Gasteiger partial charge in [-0.2, -0.15) is 0 Å². The summed E-state index contributed by atoms with van der Waals surface area (Å²) in [6.45, 7) is 5.72. The highest BCUT2D eigenvalue weighted by molar-refractivity contribution is 5.64. The minimum absolute atomic E-state index is 0.0774. The first-order valence-electron chi connectivity index (χ1n) is 6.69. The van der Waals surface area contributed by atoms with E-state index in [0.29, 0.717) is 5.75 Å². The molecule has 104 valence electrons. The van der Waals surface area contributed by atoms with E-state index >= 15 is 0 Å². The third-order valence-corrected chi connectivity index (χ3v) is 3.20. The Morgan fingerprint density at radius 1 is 1.26 bits per heavy atom. The Morgan fingerprint density at radius 2 is 1.95 bits per heavy atom. The Balaban J connectivity index is 1.78. The number of piperazine rings is 1. The van der Waals surface area contributed by atoms with Crippen LogP contribution in [-0.4, -0.2) is 43.7 Å². The third-order valence-electron chi connectivity index (χ3n) is 3.20. The van der Waals surface area contributed by atoms with Gasteiger partial charge >= 0.3 is 0 Å². The second kappa shape index (κ2) is 7.11. The molecule has 1 aliphatic rings. The SMILES string of the molecule is O=C([O-])CCOc1ccc(CN2CC[NH2+]CC2)cc1. The predicted octanol–water partition coefficient (Wildman–Crippen LogP) is -1.42. The highest BCUT2D eigenvalue weighted by Crippen LogP contribution is 2.13. The zero-order chi connectivity index (χ0) is 13.5. The smallest absolute Gasteiger partial charge is 0.119 e. The number of quaternary nitrogens is 1. The molecule has 5 nitrogen and oxygen atoms in total. The highest BCUT2D eigenvalue weighted by atomic mass is 16.5. The minimum atomic E-state index is -1.08. The molecule has 1 saturated heterocycles. The number of carboxylic acid groups (broad SMARTS) is 1. The molecule has 1 fully saturated rings. The van der Waals surface area contributed by atoms with Crippen molar-refractivity contribution in [1.29, 1.82) is 0 Å². The van der Waals surface area contributed by atoms with Gasteiger partial charge in [-0.15, -0.1) is 0 Å². The van der Waals surface area contributed by atoms with Crippen molar-refractivity contribution in [2.45, 2.75) is 13.0 Å². The fraction of sp³-hybridized carbons (Fsp3) is 0.500. The van der Waals surface area contributed by atoms with E-state index in [2.05, 4.69) is 10.2 Å². The molecular weight excluding hydrogens is 244 g/mol. The Labute approximate surface area is 113 Å². The van der Waals surface area contributed by atoms with Gasteiger partial charge in [0.25, 0.3) is 0 Å². The summed E-state index contributed by atoms with van der Waals surface area (Å²) in [5.41, 5.74) is 1.26. The number of carbonyl (C=O) groups excluding carboxylic acids is 1. The summed E-state index contributed by atoms with van der Waals surface area (Å²) in [6.07, 6.45) is -0.0774. The van der Waals surface area contributed by atoms with Crippen LogP contribution in [0.5, 0.6) is 5.75 Å². The fourth-order valence-electron chi connectivity index (χ4n) is 2.16. The van der Waals surface area contributed by atoms with Crippen molar-refractivity contribution in [3.05, 3.63) is 29.8 Å². The minimum Gasteiger partial charge on any atom is -0.550 e. The van der Waals surface area contributed by atoms with E-state index in [-0.39, 0.29) is 13.0 Å². The van der Waals surface area contributed by atoms with Crippen LogP contribution in [0.3, 0.4) is 0 Å². The van der Waals surface area contributed by atoms with E-state index in [1.807, 2.05) is 24.3 Å². The number of carboxylic acids is 1. The van der Waals surface area contributed by atoms with Crippen LogP contribution < -0.4 is 15.2 Å². The van der Waals surface area contributed by atoms with Crippen LogP contribution in [0.4, 0.5) is 0 Å². The van der Waals surface area contributed by atoms with Gasteiger partial charge in [-0.1, -0.05) is 12.1 Å². The van der Waals surface area contributed by atoms with E-state index in [1.54, 1.807) is 0 Å². The maximum Gasteiger partial charge on any atom is 0.119 e.